The van der Waals surface area contributed by atoms with Crippen molar-refractivity contribution in [2.45, 2.75) is 49.7 Å². The van der Waals surface area contributed by atoms with Gasteiger partial charge in [0.1, 0.15) is 0 Å². The first kappa shape index (κ1) is 31.1. The van der Waals surface area contributed by atoms with Crippen LogP contribution >= 0.6 is 11.3 Å². The van der Waals surface area contributed by atoms with Crippen LogP contribution in [0.3, 0.4) is 0 Å². The molecule has 0 amide bonds. The maximum atomic E-state index is 6.69. The van der Waals surface area contributed by atoms with Crippen molar-refractivity contribution in [3.63, 3.8) is 0 Å². The Kier molecular flexibility index (Phi) is 5.93. The van der Waals surface area contributed by atoms with Crippen LogP contribution in [0.4, 0.5) is 0 Å². The van der Waals surface area contributed by atoms with Crippen LogP contribution in [-0.4, -0.2) is 18.3 Å². The summed E-state index contributed by atoms with van der Waals surface area (Å²) in [7, 11) is -0.456. The van der Waals surface area contributed by atoms with Crippen molar-refractivity contribution in [3.8, 4) is 22.3 Å². The first-order valence-corrected chi connectivity index (χ1v) is 19.9. The normalized spacial score (nSPS) is 18.4. The molecule has 8 aromatic rings. The second kappa shape index (κ2) is 10.3. The molecule has 4 heteroatoms. The van der Waals surface area contributed by atoms with E-state index in [0.717, 1.165) is 5.46 Å². The fraction of sp³-hybridized carbons (Fsp3) is 0.160. The van der Waals surface area contributed by atoms with Crippen molar-refractivity contribution in [3.05, 3.63) is 196 Å². The molecule has 2 heterocycles. The summed E-state index contributed by atoms with van der Waals surface area (Å²) in [4.78, 5) is 0. The number of thiophene rings is 1. The number of rotatable bonds is 1. The second-order valence-electron chi connectivity index (χ2n) is 16.5. The molecule has 1 aliphatic heterocycles. The van der Waals surface area contributed by atoms with Crippen LogP contribution in [-0.2, 0) is 20.1 Å². The standard InChI is InChI=1S/C50H37BO2S/c1-47(2)48(3,4)53-51(52-47)30-25-27-38-35(29-30)45-43(28-26-34-33-17-7-14-24-44(33)54-46(34)45)50(38)41-22-12-10-20-39(41)49(40-21-11-13-23-42(40)50)36-18-8-5-15-31(36)32-16-6-9-19-37(32)49/h5-29H,1-4H3. The van der Waals surface area contributed by atoms with Gasteiger partial charge < -0.3 is 9.31 Å². The highest BCUT2D eigenvalue weighted by Gasteiger charge is 2.59. The van der Waals surface area contributed by atoms with Crippen molar-refractivity contribution in [1.82, 2.24) is 0 Å². The Balaban J connectivity index is 1.23. The van der Waals surface area contributed by atoms with Crippen LogP contribution in [0.25, 0.3) is 42.4 Å². The smallest absolute Gasteiger partial charge is 0.399 e. The third kappa shape index (κ3) is 3.52. The molecule has 2 spiro atoms. The summed E-state index contributed by atoms with van der Waals surface area (Å²) in [5.74, 6) is 0. The van der Waals surface area contributed by atoms with Gasteiger partial charge in [-0.25, -0.2) is 0 Å². The lowest BCUT2D eigenvalue weighted by molar-refractivity contribution is 0.00578. The number of fused-ring (bicyclic) bond motifs is 20. The molecule has 0 unspecified atom stereocenters. The Bertz CT molecular complexity index is 2820. The van der Waals surface area contributed by atoms with Crippen LogP contribution in [0.1, 0.15) is 72.2 Å². The van der Waals surface area contributed by atoms with Crippen molar-refractivity contribution in [2.24, 2.45) is 0 Å². The highest BCUT2D eigenvalue weighted by molar-refractivity contribution is 7.26. The molecule has 2 nitrogen and oxygen atoms in total. The van der Waals surface area contributed by atoms with Gasteiger partial charge in [0, 0.05) is 25.7 Å². The van der Waals surface area contributed by atoms with E-state index in [-0.39, 0.29) is 0 Å². The fourth-order valence-corrected chi connectivity index (χ4v) is 12.0. The van der Waals surface area contributed by atoms with E-state index in [1.165, 1.54) is 86.9 Å². The van der Waals surface area contributed by atoms with Crippen LogP contribution in [0.2, 0.25) is 0 Å². The molecular formula is C50H37BO2S. The Labute approximate surface area is 320 Å². The minimum Gasteiger partial charge on any atom is -0.399 e. The first-order valence-electron chi connectivity index (χ1n) is 19.1. The van der Waals surface area contributed by atoms with Gasteiger partial charge in [-0.2, -0.15) is 0 Å². The zero-order valence-corrected chi connectivity index (χ0v) is 31.6. The van der Waals surface area contributed by atoms with Gasteiger partial charge in [-0.15, -0.1) is 11.3 Å². The molecule has 1 saturated heterocycles. The molecule has 0 atom stereocenters. The first-order chi connectivity index (χ1) is 26.3. The van der Waals surface area contributed by atoms with Gasteiger partial charge in [0.05, 0.1) is 22.0 Å². The van der Waals surface area contributed by atoms with Crippen LogP contribution in [0.5, 0.6) is 0 Å². The highest BCUT2D eigenvalue weighted by atomic mass is 32.1. The second-order valence-corrected chi connectivity index (χ2v) is 17.6. The van der Waals surface area contributed by atoms with Gasteiger partial charge in [0.15, 0.2) is 0 Å². The van der Waals surface area contributed by atoms with E-state index in [1.54, 1.807) is 0 Å². The van der Waals surface area contributed by atoms with Gasteiger partial charge in [-0.05, 0) is 100 Å². The van der Waals surface area contributed by atoms with Crippen molar-refractivity contribution >= 4 is 44.1 Å². The quantitative estimate of drug-likeness (QED) is 0.158. The lowest BCUT2D eigenvalue weighted by atomic mass is 9.52. The predicted molar refractivity (Wildman–Crippen MR) is 223 cm³/mol. The molecule has 0 bridgehead atoms. The monoisotopic (exact) mass is 712 g/mol. The van der Waals surface area contributed by atoms with Crippen LogP contribution in [0.15, 0.2) is 152 Å². The van der Waals surface area contributed by atoms with E-state index in [0.29, 0.717) is 0 Å². The molecule has 12 rings (SSSR count). The van der Waals surface area contributed by atoms with E-state index in [9.17, 15) is 0 Å². The molecule has 0 saturated carbocycles. The lowest BCUT2D eigenvalue weighted by Gasteiger charge is -2.48. The van der Waals surface area contributed by atoms with Gasteiger partial charge in [0.2, 0.25) is 0 Å². The third-order valence-electron chi connectivity index (χ3n) is 13.6. The Morgan fingerprint density at radius 3 is 1.48 bits per heavy atom. The summed E-state index contributed by atoms with van der Waals surface area (Å²) in [5.41, 5.74) is 15.2. The maximum absolute atomic E-state index is 6.69. The van der Waals surface area contributed by atoms with Gasteiger partial charge in [-0.1, -0.05) is 146 Å². The minimum atomic E-state index is -0.547. The van der Waals surface area contributed by atoms with Crippen molar-refractivity contribution < 1.29 is 9.31 Å². The van der Waals surface area contributed by atoms with E-state index in [2.05, 4.69) is 179 Å². The van der Waals surface area contributed by atoms with E-state index >= 15 is 0 Å². The average molecular weight is 713 g/mol. The maximum Gasteiger partial charge on any atom is 0.494 e. The van der Waals surface area contributed by atoms with Crippen LogP contribution < -0.4 is 5.46 Å². The number of hydrogen-bond acceptors (Lipinski definition) is 3. The molecule has 258 valence electrons. The molecule has 4 aliphatic rings. The fourth-order valence-electron chi connectivity index (χ4n) is 10.7. The zero-order valence-electron chi connectivity index (χ0n) is 30.7. The van der Waals surface area contributed by atoms with E-state index in [1.807, 2.05) is 11.3 Å². The van der Waals surface area contributed by atoms with Gasteiger partial charge in [-0.3, -0.25) is 0 Å². The van der Waals surface area contributed by atoms with Gasteiger partial charge in [0.25, 0.3) is 0 Å². The Morgan fingerprint density at radius 1 is 0.426 bits per heavy atom. The van der Waals surface area contributed by atoms with E-state index in [4.69, 9.17) is 9.31 Å². The average Bonchev–Trinajstić information content (AvgIpc) is 3.87. The molecule has 1 fully saturated rings. The predicted octanol–water partition coefficient (Wildman–Crippen LogP) is 11.4. The summed E-state index contributed by atoms with van der Waals surface area (Å²) in [5, 5.41) is 2.62. The van der Waals surface area contributed by atoms with Gasteiger partial charge >= 0.3 is 7.12 Å². The van der Waals surface area contributed by atoms with Crippen LogP contribution in [0, 0.1) is 0 Å². The number of benzene rings is 7. The largest absolute Gasteiger partial charge is 0.494 e. The topological polar surface area (TPSA) is 18.5 Å². The molecule has 0 N–H and O–H groups in total. The molecule has 54 heavy (non-hydrogen) atoms. The SMILES string of the molecule is CC1(C)OB(c2ccc3c(c2)-c2c(ccc4c2sc2ccccc24)C32c3ccccc3C3(c4ccccc4-c4ccccc43)c3ccccc32)OC1(C)C. The third-order valence-corrected chi connectivity index (χ3v) is 14.8. The summed E-state index contributed by atoms with van der Waals surface area (Å²) in [6, 6.07) is 57.6. The summed E-state index contributed by atoms with van der Waals surface area (Å²) in [6.07, 6.45) is 0. The summed E-state index contributed by atoms with van der Waals surface area (Å²) >= 11 is 1.92. The Morgan fingerprint density at radius 2 is 0.889 bits per heavy atom. The zero-order chi connectivity index (χ0) is 36.2. The molecule has 0 radical (unpaired) electrons. The molecule has 1 aromatic heterocycles. The minimum absolute atomic E-state index is 0.433. The molecule has 7 aromatic carbocycles. The number of hydrogen-bond donors (Lipinski definition) is 0. The van der Waals surface area contributed by atoms with Crippen molar-refractivity contribution in [2.75, 3.05) is 0 Å². The lowest BCUT2D eigenvalue weighted by Crippen LogP contribution is -2.44. The van der Waals surface area contributed by atoms with Crippen molar-refractivity contribution in [1.29, 1.82) is 0 Å². The summed E-state index contributed by atoms with van der Waals surface area (Å²) in [6.45, 7) is 8.54. The van der Waals surface area contributed by atoms with E-state index < -0.39 is 29.2 Å². The highest BCUT2D eigenvalue weighted by Crippen LogP contribution is 2.68. The summed E-state index contributed by atoms with van der Waals surface area (Å²) < 4.78 is 16.0. The molecular weight excluding hydrogens is 675 g/mol. The Hall–Kier alpha value is -5.26. The molecule has 3 aliphatic carbocycles.